The van der Waals surface area contributed by atoms with Gasteiger partial charge in [-0.1, -0.05) is 11.5 Å². The third-order valence-electron chi connectivity index (χ3n) is 4.83. The van der Waals surface area contributed by atoms with Crippen LogP contribution in [0.15, 0.2) is 29.3 Å². The molecule has 162 valence electrons. The van der Waals surface area contributed by atoms with Gasteiger partial charge in [-0.15, -0.1) is 0 Å². The number of alkyl halides is 3. The topological polar surface area (TPSA) is 90.3 Å². The van der Waals surface area contributed by atoms with Crippen molar-refractivity contribution in [3.63, 3.8) is 0 Å². The molecular formula is C18H21BF3N3O4S. The van der Waals surface area contributed by atoms with Gasteiger partial charge in [0.25, 0.3) is 0 Å². The van der Waals surface area contributed by atoms with Crippen LogP contribution in [0.2, 0.25) is 0 Å². The van der Waals surface area contributed by atoms with E-state index in [2.05, 4.69) is 9.82 Å². The maximum Gasteiger partial charge on any atom is 0.416 e. The van der Waals surface area contributed by atoms with Crippen LogP contribution < -0.4 is 10.2 Å². The predicted octanol–water partition coefficient (Wildman–Crippen LogP) is 1.08. The van der Waals surface area contributed by atoms with Gasteiger partial charge < -0.3 is 4.74 Å². The third kappa shape index (κ3) is 4.86. The number of nitrogens with one attached hydrogen (secondary N) is 1. The Morgan fingerprint density at radius 1 is 1.37 bits per heavy atom. The molecule has 1 aromatic carbocycles. The van der Waals surface area contributed by atoms with Crippen LogP contribution in [0.5, 0.6) is 0 Å². The molecule has 1 aromatic heterocycles. The summed E-state index contributed by atoms with van der Waals surface area (Å²) in [6.07, 6.45) is -1.46. The number of nitrogens with zero attached hydrogens (tertiary/aromatic N) is 2. The number of fused-ring (bicyclic) bond motifs is 1. The zero-order valence-electron chi connectivity index (χ0n) is 16.5. The van der Waals surface area contributed by atoms with Crippen molar-refractivity contribution < 1.29 is 31.1 Å². The molecule has 1 aliphatic rings. The number of aromatic nitrogens is 2. The SMILES string of the molecule is Bc1cc(C(F)(F)F)cc(S(=O)(=O)NC2CCCc3c2cnn3CC(=O)OCC)c1. The van der Waals surface area contributed by atoms with Crippen LogP contribution in [0.3, 0.4) is 0 Å². The van der Waals surface area contributed by atoms with Crippen molar-refractivity contribution in [1.82, 2.24) is 14.5 Å². The average Bonchev–Trinajstić information content (AvgIpc) is 3.04. The van der Waals surface area contributed by atoms with Crippen molar-refractivity contribution in [2.45, 2.75) is 49.8 Å². The second-order valence-corrected chi connectivity index (χ2v) is 8.82. The first kappa shape index (κ1) is 22.4. The van der Waals surface area contributed by atoms with Crippen molar-refractivity contribution >= 4 is 29.3 Å². The summed E-state index contributed by atoms with van der Waals surface area (Å²) in [7, 11) is -2.80. The molecule has 3 rings (SSSR count). The quantitative estimate of drug-likeness (QED) is 0.533. The first-order chi connectivity index (χ1) is 14.0. The Balaban J connectivity index is 1.87. The molecule has 12 heteroatoms. The van der Waals surface area contributed by atoms with Gasteiger partial charge in [-0.3, -0.25) is 9.48 Å². The van der Waals surface area contributed by atoms with Crippen LogP contribution in [-0.4, -0.2) is 38.6 Å². The van der Waals surface area contributed by atoms with Crippen LogP contribution >= 0.6 is 0 Å². The van der Waals surface area contributed by atoms with Gasteiger partial charge in [0, 0.05) is 11.3 Å². The van der Waals surface area contributed by atoms with E-state index in [1.54, 1.807) is 6.92 Å². The van der Waals surface area contributed by atoms with E-state index in [4.69, 9.17) is 4.74 Å². The van der Waals surface area contributed by atoms with Crippen molar-refractivity contribution in [2.75, 3.05) is 6.61 Å². The van der Waals surface area contributed by atoms with Crippen LogP contribution in [0.1, 0.15) is 42.6 Å². The lowest BCUT2D eigenvalue weighted by atomic mass is 9.94. The lowest BCUT2D eigenvalue weighted by Crippen LogP contribution is -2.32. The molecule has 0 saturated heterocycles. The molecular weight excluding hydrogens is 422 g/mol. The highest BCUT2D eigenvalue weighted by atomic mass is 32.2. The summed E-state index contributed by atoms with van der Waals surface area (Å²) in [6.45, 7) is 1.84. The Morgan fingerprint density at radius 3 is 2.77 bits per heavy atom. The van der Waals surface area contributed by atoms with E-state index < -0.39 is 38.7 Å². The number of halogens is 3. The number of carbonyl (C=O) groups is 1. The molecule has 0 amide bonds. The second-order valence-electron chi connectivity index (χ2n) is 7.11. The minimum Gasteiger partial charge on any atom is -0.465 e. The van der Waals surface area contributed by atoms with E-state index in [0.29, 0.717) is 36.6 Å². The fourth-order valence-electron chi connectivity index (χ4n) is 3.53. The largest absolute Gasteiger partial charge is 0.465 e. The van der Waals surface area contributed by atoms with E-state index in [-0.39, 0.29) is 18.6 Å². The molecule has 7 nitrogen and oxygen atoms in total. The van der Waals surface area contributed by atoms with E-state index in [9.17, 15) is 26.4 Å². The summed E-state index contributed by atoms with van der Waals surface area (Å²) in [6, 6.07) is 2.08. The number of ether oxygens (including phenoxy) is 1. The molecule has 30 heavy (non-hydrogen) atoms. The molecule has 0 spiro atoms. The number of sulfonamides is 1. The highest BCUT2D eigenvalue weighted by Crippen LogP contribution is 2.33. The Labute approximate surface area is 173 Å². The molecule has 0 aliphatic heterocycles. The fraction of sp³-hybridized carbons (Fsp3) is 0.444. The van der Waals surface area contributed by atoms with Gasteiger partial charge in [0.2, 0.25) is 10.0 Å². The summed E-state index contributed by atoms with van der Waals surface area (Å²) < 4.78 is 73.8. The van der Waals surface area contributed by atoms with E-state index in [1.165, 1.54) is 24.8 Å². The molecule has 1 heterocycles. The molecule has 1 atom stereocenters. The first-order valence-electron chi connectivity index (χ1n) is 9.42. The molecule has 0 saturated carbocycles. The van der Waals surface area contributed by atoms with Crippen molar-refractivity contribution in [3.05, 3.63) is 41.2 Å². The average molecular weight is 443 g/mol. The Bertz CT molecular complexity index is 1050. The normalized spacial score (nSPS) is 16.9. The molecule has 1 unspecified atom stereocenters. The highest BCUT2D eigenvalue weighted by molar-refractivity contribution is 7.89. The third-order valence-corrected chi connectivity index (χ3v) is 6.28. The minimum atomic E-state index is -4.65. The summed E-state index contributed by atoms with van der Waals surface area (Å²) in [5, 5.41) is 4.17. The van der Waals surface area contributed by atoms with Gasteiger partial charge in [-0.05, 0) is 38.3 Å². The van der Waals surface area contributed by atoms with Crippen LogP contribution in [0.4, 0.5) is 13.2 Å². The molecule has 0 fully saturated rings. The lowest BCUT2D eigenvalue weighted by molar-refractivity contribution is -0.144. The van der Waals surface area contributed by atoms with Crippen molar-refractivity contribution in [3.8, 4) is 0 Å². The standard InChI is InChI=1S/C18H21BF3N3O4S/c1-2-29-17(26)10-25-16-5-3-4-15(14(16)9-23-25)24-30(27,28)13-7-11(18(20,21)22)6-12(19)8-13/h6-9,15,24H,2-5,10,19H2,1H3. The Hall–Kier alpha value is -2.34. The minimum absolute atomic E-state index is 0.0878. The number of hydrogen-bond acceptors (Lipinski definition) is 5. The van der Waals surface area contributed by atoms with Gasteiger partial charge in [0.15, 0.2) is 0 Å². The zero-order valence-corrected chi connectivity index (χ0v) is 17.3. The van der Waals surface area contributed by atoms with Gasteiger partial charge in [-0.2, -0.15) is 18.3 Å². The van der Waals surface area contributed by atoms with Gasteiger partial charge in [0.05, 0.1) is 29.3 Å². The summed E-state index contributed by atoms with van der Waals surface area (Å²) in [5.74, 6) is -0.453. The summed E-state index contributed by atoms with van der Waals surface area (Å²) in [4.78, 5) is 11.3. The molecule has 2 aromatic rings. The van der Waals surface area contributed by atoms with E-state index in [1.807, 2.05) is 0 Å². The highest BCUT2D eigenvalue weighted by Gasteiger charge is 2.33. The maximum absolute atomic E-state index is 13.1. The van der Waals surface area contributed by atoms with Gasteiger partial charge in [-0.25, -0.2) is 13.1 Å². The fourth-order valence-corrected chi connectivity index (χ4v) is 4.91. The Morgan fingerprint density at radius 2 is 2.10 bits per heavy atom. The Kier molecular flexibility index (Phi) is 6.28. The van der Waals surface area contributed by atoms with Crippen molar-refractivity contribution in [2.24, 2.45) is 0 Å². The predicted molar refractivity (Wildman–Crippen MR) is 104 cm³/mol. The molecule has 0 bridgehead atoms. The molecule has 1 aliphatic carbocycles. The van der Waals surface area contributed by atoms with E-state index >= 15 is 0 Å². The summed E-state index contributed by atoms with van der Waals surface area (Å²) in [5.41, 5.74) is 0.492. The second kappa shape index (κ2) is 8.42. The first-order valence-corrected chi connectivity index (χ1v) is 10.9. The van der Waals surface area contributed by atoms with Gasteiger partial charge >= 0.3 is 12.1 Å². The summed E-state index contributed by atoms with van der Waals surface area (Å²) >= 11 is 0. The monoisotopic (exact) mass is 443 g/mol. The smallest absolute Gasteiger partial charge is 0.416 e. The maximum atomic E-state index is 13.1. The number of rotatable bonds is 6. The lowest BCUT2D eigenvalue weighted by Gasteiger charge is -2.24. The molecule has 1 N–H and O–H groups in total. The number of benzene rings is 1. The number of hydrogen-bond donors (Lipinski definition) is 1. The van der Waals surface area contributed by atoms with Crippen molar-refractivity contribution in [1.29, 1.82) is 0 Å². The number of esters is 1. The zero-order chi connectivity index (χ0) is 22.1. The van der Waals surface area contributed by atoms with Crippen LogP contribution in [0.25, 0.3) is 0 Å². The van der Waals surface area contributed by atoms with Crippen LogP contribution in [-0.2, 0) is 38.7 Å². The van der Waals surface area contributed by atoms with Crippen LogP contribution in [0, 0.1) is 0 Å². The van der Waals surface area contributed by atoms with E-state index in [0.717, 1.165) is 6.07 Å². The van der Waals surface area contributed by atoms with Gasteiger partial charge in [0.1, 0.15) is 14.4 Å². The molecule has 0 radical (unpaired) electrons. The number of carbonyl (C=O) groups excluding carboxylic acids is 1.